The predicted octanol–water partition coefficient (Wildman–Crippen LogP) is 0.913. The zero-order chi connectivity index (χ0) is 9.84. The molecule has 13 heavy (non-hydrogen) atoms. The summed E-state index contributed by atoms with van der Waals surface area (Å²) >= 11 is 5.61. The van der Waals surface area contributed by atoms with Gasteiger partial charge in [-0.05, 0) is 19.1 Å². The van der Waals surface area contributed by atoms with Crippen LogP contribution in [0.15, 0.2) is 12.1 Å². The second-order valence-corrected chi connectivity index (χ2v) is 3.30. The van der Waals surface area contributed by atoms with E-state index in [9.17, 15) is 0 Å². The van der Waals surface area contributed by atoms with Gasteiger partial charge in [0.1, 0.15) is 0 Å². The first kappa shape index (κ1) is 10.2. The third kappa shape index (κ3) is 2.54. The fraction of sp³-hybridized carbons (Fsp3) is 0.500. The van der Waals surface area contributed by atoms with Crippen molar-refractivity contribution in [2.75, 3.05) is 18.5 Å². The Balaban J connectivity index is 2.77. The minimum atomic E-state index is 0.246. The van der Waals surface area contributed by atoms with Crippen molar-refractivity contribution in [2.45, 2.75) is 13.0 Å². The molecule has 1 aromatic heterocycles. The molecular weight excluding hydrogens is 188 g/mol. The van der Waals surface area contributed by atoms with Gasteiger partial charge in [0.05, 0.1) is 0 Å². The number of nitrogens with zero attached hydrogens (tertiary/aromatic N) is 3. The van der Waals surface area contributed by atoms with Gasteiger partial charge in [0.25, 0.3) is 0 Å². The molecule has 0 aliphatic carbocycles. The molecule has 0 aromatic carbocycles. The molecule has 0 saturated carbocycles. The summed E-state index contributed by atoms with van der Waals surface area (Å²) in [5.74, 6) is 0.780. The molecule has 0 spiro atoms. The van der Waals surface area contributed by atoms with Crippen molar-refractivity contribution >= 4 is 17.4 Å². The number of aromatic nitrogens is 2. The first-order valence-electron chi connectivity index (χ1n) is 4.07. The molecule has 1 heterocycles. The lowest BCUT2D eigenvalue weighted by Gasteiger charge is -2.23. The molecule has 0 amide bonds. The molecule has 5 heteroatoms. The lowest BCUT2D eigenvalue weighted by molar-refractivity contribution is 0.682. The van der Waals surface area contributed by atoms with Crippen molar-refractivity contribution in [1.29, 1.82) is 0 Å². The Bertz CT molecular complexity index is 261. The first-order chi connectivity index (χ1) is 6.15. The minimum absolute atomic E-state index is 0.246. The van der Waals surface area contributed by atoms with Crippen molar-refractivity contribution in [1.82, 2.24) is 10.2 Å². The number of anilines is 1. The van der Waals surface area contributed by atoms with Gasteiger partial charge in [-0.3, -0.25) is 0 Å². The van der Waals surface area contributed by atoms with Crippen molar-refractivity contribution in [2.24, 2.45) is 5.73 Å². The van der Waals surface area contributed by atoms with Crippen LogP contribution in [-0.2, 0) is 0 Å². The molecule has 0 fully saturated rings. The van der Waals surface area contributed by atoms with Crippen LogP contribution in [0, 0.1) is 0 Å². The third-order valence-electron chi connectivity index (χ3n) is 1.98. The standard InChI is InChI=1S/C8H13ClN4/c1-6(5-10)13(2)8-4-3-7(9)11-12-8/h3-4,6H,5,10H2,1-2H3. The van der Waals surface area contributed by atoms with Crippen LogP contribution in [0.3, 0.4) is 0 Å². The summed E-state index contributed by atoms with van der Waals surface area (Å²) < 4.78 is 0. The molecule has 4 nitrogen and oxygen atoms in total. The van der Waals surface area contributed by atoms with Crippen molar-refractivity contribution in [3.63, 3.8) is 0 Å². The summed E-state index contributed by atoms with van der Waals surface area (Å²) in [5, 5.41) is 8.09. The minimum Gasteiger partial charge on any atom is -0.354 e. The summed E-state index contributed by atoms with van der Waals surface area (Å²) in [6.07, 6.45) is 0. The van der Waals surface area contributed by atoms with Gasteiger partial charge in [-0.1, -0.05) is 11.6 Å². The molecule has 0 aliphatic rings. The highest BCUT2D eigenvalue weighted by Crippen LogP contribution is 2.11. The van der Waals surface area contributed by atoms with E-state index in [1.807, 2.05) is 24.9 Å². The van der Waals surface area contributed by atoms with Crippen LogP contribution >= 0.6 is 11.6 Å². The lowest BCUT2D eigenvalue weighted by Crippen LogP contribution is -2.35. The molecule has 0 aliphatic heterocycles. The topological polar surface area (TPSA) is 55.0 Å². The molecule has 1 unspecified atom stereocenters. The largest absolute Gasteiger partial charge is 0.354 e. The van der Waals surface area contributed by atoms with Gasteiger partial charge < -0.3 is 10.6 Å². The summed E-state index contributed by atoms with van der Waals surface area (Å²) in [4.78, 5) is 1.96. The van der Waals surface area contributed by atoms with E-state index < -0.39 is 0 Å². The Hall–Kier alpha value is -0.870. The first-order valence-corrected chi connectivity index (χ1v) is 4.45. The van der Waals surface area contributed by atoms with Gasteiger partial charge in [0.2, 0.25) is 0 Å². The molecule has 0 saturated heterocycles. The molecule has 1 rings (SSSR count). The molecule has 0 radical (unpaired) electrons. The summed E-state index contributed by atoms with van der Waals surface area (Å²) in [6, 6.07) is 3.78. The van der Waals surface area contributed by atoms with E-state index in [4.69, 9.17) is 17.3 Å². The average Bonchev–Trinajstić information content (AvgIpc) is 2.17. The normalized spacial score (nSPS) is 12.6. The number of hydrogen-bond acceptors (Lipinski definition) is 4. The Morgan fingerprint density at radius 3 is 2.69 bits per heavy atom. The molecule has 1 atom stereocenters. The molecule has 1 aromatic rings. The molecule has 72 valence electrons. The zero-order valence-corrected chi connectivity index (χ0v) is 8.49. The van der Waals surface area contributed by atoms with Crippen LogP contribution in [0.25, 0.3) is 0 Å². The fourth-order valence-corrected chi connectivity index (χ4v) is 0.982. The maximum absolute atomic E-state index is 5.61. The predicted molar refractivity (Wildman–Crippen MR) is 54.0 cm³/mol. The monoisotopic (exact) mass is 200 g/mol. The number of nitrogens with two attached hydrogens (primary N) is 1. The van der Waals surface area contributed by atoms with Crippen LogP contribution in [0.5, 0.6) is 0 Å². The van der Waals surface area contributed by atoms with Crippen LogP contribution in [-0.4, -0.2) is 29.8 Å². The van der Waals surface area contributed by atoms with E-state index in [0.29, 0.717) is 11.7 Å². The average molecular weight is 201 g/mol. The van der Waals surface area contributed by atoms with E-state index in [1.54, 1.807) is 6.07 Å². The van der Waals surface area contributed by atoms with Crippen LogP contribution in [0.2, 0.25) is 5.15 Å². The van der Waals surface area contributed by atoms with Gasteiger partial charge in [-0.2, -0.15) is 0 Å². The van der Waals surface area contributed by atoms with E-state index in [0.717, 1.165) is 5.82 Å². The summed E-state index contributed by atoms with van der Waals surface area (Å²) in [7, 11) is 1.93. The Kier molecular flexibility index (Phi) is 3.45. The highest BCUT2D eigenvalue weighted by molar-refractivity contribution is 6.29. The van der Waals surface area contributed by atoms with Gasteiger partial charge in [0.15, 0.2) is 11.0 Å². The summed E-state index contributed by atoms with van der Waals surface area (Å²) in [6.45, 7) is 2.61. The SMILES string of the molecule is CC(CN)N(C)c1ccc(Cl)nn1. The highest BCUT2D eigenvalue weighted by atomic mass is 35.5. The van der Waals surface area contributed by atoms with E-state index in [1.165, 1.54) is 0 Å². The van der Waals surface area contributed by atoms with Crippen LogP contribution < -0.4 is 10.6 Å². The smallest absolute Gasteiger partial charge is 0.151 e. The zero-order valence-electron chi connectivity index (χ0n) is 7.74. The number of hydrogen-bond donors (Lipinski definition) is 1. The third-order valence-corrected chi connectivity index (χ3v) is 2.18. The summed E-state index contributed by atoms with van der Waals surface area (Å²) in [5.41, 5.74) is 5.52. The lowest BCUT2D eigenvalue weighted by atomic mass is 10.3. The van der Waals surface area contributed by atoms with E-state index >= 15 is 0 Å². The Morgan fingerprint density at radius 1 is 1.54 bits per heavy atom. The highest BCUT2D eigenvalue weighted by Gasteiger charge is 2.09. The Morgan fingerprint density at radius 2 is 2.23 bits per heavy atom. The van der Waals surface area contributed by atoms with Crippen molar-refractivity contribution < 1.29 is 0 Å². The van der Waals surface area contributed by atoms with Gasteiger partial charge in [0, 0.05) is 19.6 Å². The van der Waals surface area contributed by atoms with Gasteiger partial charge in [-0.15, -0.1) is 10.2 Å². The second-order valence-electron chi connectivity index (χ2n) is 2.91. The van der Waals surface area contributed by atoms with Crippen molar-refractivity contribution in [3.05, 3.63) is 17.3 Å². The number of rotatable bonds is 3. The maximum atomic E-state index is 5.61. The maximum Gasteiger partial charge on any atom is 0.151 e. The fourth-order valence-electron chi connectivity index (χ4n) is 0.881. The van der Waals surface area contributed by atoms with E-state index in [-0.39, 0.29) is 6.04 Å². The molecule has 2 N–H and O–H groups in total. The molecule has 0 bridgehead atoms. The van der Waals surface area contributed by atoms with Gasteiger partial charge in [-0.25, -0.2) is 0 Å². The van der Waals surface area contributed by atoms with Crippen LogP contribution in [0.4, 0.5) is 5.82 Å². The molecular formula is C8H13ClN4. The van der Waals surface area contributed by atoms with Crippen molar-refractivity contribution in [3.8, 4) is 0 Å². The van der Waals surface area contributed by atoms with E-state index in [2.05, 4.69) is 10.2 Å². The second kappa shape index (κ2) is 4.39. The van der Waals surface area contributed by atoms with Gasteiger partial charge >= 0.3 is 0 Å². The van der Waals surface area contributed by atoms with Crippen LogP contribution in [0.1, 0.15) is 6.92 Å². The number of likely N-dealkylation sites (N-methyl/N-ethyl adjacent to an activating group) is 1. The Labute approximate surface area is 82.7 Å². The quantitative estimate of drug-likeness (QED) is 0.788. The number of halogens is 1.